The fraction of sp³-hybridized carbons (Fsp3) is 0.409. The van der Waals surface area contributed by atoms with E-state index in [-0.39, 0.29) is 17.4 Å². The van der Waals surface area contributed by atoms with Crippen molar-refractivity contribution >= 4 is 40.0 Å². The van der Waals surface area contributed by atoms with Crippen molar-refractivity contribution in [3.8, 4) is 0 Å². The molecule has 0 spiro atoms. The van der Waals surface area contributed by atoms with Crippen LogP contribution in [0.15, 0.2) is 41.8 Å². The van der Waals surface area contributed by atoms with E-state index >= 15 is 0 Å². The van der Waals surface area contributed by atoms with Gasteiger partial charge in [0.25, 0.3) is 0 Å². The van der Waals surface area contributed by atoms with E-state index in [1.165, 1.54) is 24.3 Å². The number of para-hydroxylation sites is 1. The van der Waals surface area contributed by atoms with Gasteiger partial charge in [-0.15, -0.1) is 11.3 Å². The predicted molar refractivity (Wildman–Crippen MR) is 115 cm³/mol. The summed E-state index contributed by atoms with van der Waals surface area (Å²) in [7, 11) is 0. The zero-order chi connectivity index (χ0) is 20.1. The number of nitrogens with zero attached hydrogens (tertiary/aromatic N) is 2. The summed E-state index contributed by atoms with van der Waals surface area (Å²) in [5, 5.41) is 5.58. The van der Waals surface area contributed by atoms with Crippen LogP contribution in [0, 0.1) is 5.92 Å². The van der Waals surface area contributed by atoms with E-state index in [4.69, 9.17) is 0 Å². The SMILES string of the molecule is CC(=O)N(c1ccccc1)c1nc(/C=C/C(=O)NC2(C)CCC(C)CC2)cs1. The summed E-state index contributed by atoms with van der Waals surface area (Å²) in [6.07, 6.45) is 7.56. The van der Waals surface area contributed by atoms with Crippen molar-refractivity contribution in [1.82, 2.24) is 10.3 Å². The molecule has 28 heavy (non-hydrogen) atoms. The normalized spacial score (nSPS) is 22.2. The number of carbonyl (C=O) groups is 2. The number of nitrogens with one attached hydrogen (secondary N) is 1. The van der Waals surface area contributed by atoms with Gasteiger partial charge in [0.15, 0.2) is 5.13 Å². The summed E-state index contributed by atoms with van der Waals surface area (Å²) in [5.41, 5.74) is 1.32. The lowest BCUT2D eigenvalue weighted by Crippen LogP contribution is -2.47. The van der Waals surface area contributed by atoms with Crippen molar-refractivity contribution in [2.24, 2.45) is 5.92 Å². The van der Waals surface area contributed by atoms with E-state index in [0.29, 0.717) is 10.8 Å². The number of benzene rings is 1. The molecule has 1 aromatic carbocycles. The molecule has 5 nitrogen and oxygen atoms in total. The molecule has 1 aliphatic carbocycles. The fourth-order valence-electron chi connectivity index (χ4n) is 3.48. The number of carbonyl (C=O) groups excluding carboxylic acids is 2. The van der Waals surface area contributed by atoms with Crippen molar-refractivity contribution < 1.29 is 9.59 Å². The summed E-state index contributed by atoms with van der Waals surface area (Å²) in [6.45, 7) is 5.90. The Hall–Kier alpha value is -2.47. The lowest BCUT2D eigenvalue weighted by molar-refractivity contribution is -0.118. The van der Waals surface area contributed by atoms with Gasteiger partial charge in [-0.1, -0.05) is 25.1 Å². The number of aromatic nitrogens is 1. The summed E-state index contributed by atoms with van der Waals surface area (Å²) >= 11 is 1.38. The van der Waals surface area contributed by atoms with E-state index in [0.717, 1.165) is 37.3 Å². The highest BCUT2D eigenvalue weighted by atomic mass is 32.1. The Morgan fingerprint density at radius 3 is 2.57 bits per heavy atom. The second kappa shape index (κ2) is 8.69. The minimum Gasteiger partial charge on any atom is -0.347 e. The van der Waals surface area contributed by atoms with Gasteiger partial charge in [0.1, 0.15) is 0 Å². The standard InChI is InChI=1S/C22H27N3O2S/c1-16-11-13-22(3,14-12-16)24-20(27)10-9-18-15-28-21(23-18)25(17(2)26)19-7-5-4-6-8-19/h4-10,15-16H,11-14H2,1-3H3,(H,24,27)/b10-9+. The smallest absolute Gasteiger partial charge is 0.244 e. The average Bonchev–Trinajstić information content (AvgIpc) is 3.12. The molecule has 0 atom stereocenters. The van der Waals surface area contributed by atoms with E-state index in [1.54, 1.807) is 11.0 Å². The van der Waals surface area contributed by atoms with E-state index in [9.17, 15) is 9.59 Å². The third kappa shape index (κ3) is 5.07. The maximum absolute atomic E-state index is 12.4. The quantitative estimate of drug-likeness (QED) is 0.728. The number of hydrogen-bond donors (Lipinski definition) is 1. The first-order chi connectivity index (χ1) is 13.4. The third-order valence-corrected chi connectivity index (χ3v) is 6.08. The first kappa shape index (κ1) is 20.3. The maximum Gasteiger partial charge on any atom is 0.244 e. The van der Waals surface area contributed by atoms with Crippen molar-refractivity contribution in [2.75, 3.05) is 4.90 Å². The van der Waals surface area contributed by atoms with Gasteiger partial charge >= 0.3 is 0 Å². The Kier molecular flexibility index (Phi) is 6.29. The van der Waals surface area contributed by atoms with Crippen LogP contribution in [0.4, 0.5) is 10.8 Å². The van der Waals surface area contributed by atoms with Crippen molar-refractivity contribution in [3.05, 3.63) is 47.5 Å². The number of thiazole rings is 1. The molecule has 148 valence electrons. The largest absolute Gasteiger partial charge is 0.347 e. The van der Waals surface area contributed by atoms with Gasteiger partial charge in [-0.2, -0.15) is 0 Å². The highest BCUT2D eigenvalue weighted by molar-refractivity contribution is 7.14. The van der Waals surface area contributed by atoms with E-state index in [2.05, 4.69) is 24.1 Å². The Bertz CT molecular complexity index is 852. The summed E-state index contributed by atoms with van der Waals surface area (Å²) in [4.78, 5) is 30.6. The highest BCUT2D eigenvalue weighted by Crippen LogP contribution is 2.31. The number of rotatable bonds is 5. The molecular formula is C22H27N3O2S. The molecule has 0 aliphatic heterocycles. The number of hydrogen-bond acceptors (Lipinski definition) is 4. The zero-order valence-corrected chi connectivity index (χ0v) is 17.5. The zero-order valence-electron chi connectivity index (χ0n) is 16.6. The minimum atomic E-state index is -0.125. The van der Waals surface area contributed by atoms with Crippen LogP contribution in [0.25, 0.3) is 6.08 Å². The first-order valence-corrected chi connectivity index (χ1v) is 10.6. The van der Waals surface area contributed by atoms with Crippen molar-refractivity contribution in [3.63, 3.8) is 0 Å². The van der Waals surface area contributed by atoms with E-state index in [1.807, 2.05) is 35.7 Å². The van der Waals surface area contributed by atoms with Gasteiger partial charge in [-0.05, 0) is 56.7 Å². The van der Waals surface area contributed by atoms with Crippen LogP contribution < -0.4 is 10.2 Å². The van der Waals surface area contributed by atoms with Crippen LogP contribution in [0.2, 0.25) is 0 Å². The molecule has 1 N–H and O–H groups in total. The van der Waals surface area contributed by atoms with Crippen LogP contribution in [0.1, 0.15) is 52.1 Å². The summed E-state index contributed by atoms with van der Waals surface area (Å²) in [6, 6.07) is 9.42. The number of amides is 2. The van der Waals surface area contributed by atoms with Crippen LogP contribution in [-0.2, 0) is 9.59 Å². The summed E-state index contributed by atoms with van der Waals surface area (Å²) < 4.78 is 0. The second-order valence-corrected chi connectivity index (χ2v) is 8.65. The Balaban J connectivity index is 1.66. The van der Waals surface area contributed by atoms with Gasteiger partial charge in [0.05, 0.1) is 11.4 Å². The molecule has 1 heterocycles. The third-order valence-electron chi connectivity index (χ3n) is 5.24. The molecule has 1 aliphatic rings. The molecule has 1 aromatic heterocycles. The molecule has 0 unspecified atom stereocenters. The lowest BCUT2D eigenvalue weighted by Gasteiger charge is -2.36. The molecule has 3 rings (SSSR count). The molecule has 6 heteroatoms. The summed E-state index contributed by atoms with van der Waals surface area (Å²) in [5.74, 6) is 0.536. The van der Waals surface area contributed by atoms with E-state index < -0.39 is 0 Å². The minimum absolute atomic E-state index is 0.0990. The average molecular weight is 398 g/mol. The molecular weight excluding hydrogens is 370 g/mol. The Labute approximate surface area is 170 Å². The molecule has 1 saturated carbocycles. The number of anilines is 2. The van der Waals surface area contributed by atoms with Crippen molar-refractivity contribution in [2.45, 2.75) is 52.0 Å². The van der Waals surface area contributed by atoms with Crippen LogP contribution in [0.5, 0.6) is 0 Å². The first-order valence-electron chi connectivity index (χ1n) is 9.68. The van der Waals surface area contributed by atoms with Gasteiger partial charge < -0.3 is 5.32 Å². The highest BCUT2D eigenvalue weighted by Gasteiger charge is 2.30. The maximum atomic E-state index is 12.4. The molecule has 2 aromatic rings. The molecule has 1 fully saturated rings. The topological polar surface area (TPSA) is 62.3 Å². The molecule has 2 amide bonds. The van der Waals surface area contributed by atoms with Crippen LogP contribution in [0.3, 0.4) is 0 Å². The molecule has 0 saturated heterocycles. The molecule has 0 bridgehead atoms. The van der Waals surface area contributed by atoms with Gasteiger partial charge in [-0.25, -0.2) is 4.98 Å². The van der Waals surface area contributed by atoms with Gasteiger partial charge in [0.2, 0.25) is 11.8 Å². The predicted octanol–water partition coefficient (Wildman–Crippen LogP) is 4.93. The Morgan fingerprint density at radius 1 is 1.25 bits per heavy atom. The van der Waals surface area contributed by atoms with Gasteiger partial charge in [-0.3, -0.25) is 14.5 Å². The lowest BCUT2D eigenvalue weighted by atomic mass is 9.78. The van der Waals surface area contributed by atoms with Gasteiger partial charge in [0, 0.05) is 23.9 Å². The van der Waals surface area contributed by atoms with Crippen LogP contribution >= 0.6 is 11.3 Å². The Morgan fingerprint density at radius 2 is 1.93 bits per heavy atom. The van der Waals surface area contributed by atoms with Crippen LogP contribution in [-0.4, -0.2) is 22.3 Å². The van der Waals surface area contributed by atoms with Crippen molar-refractivity contribution in [1.29, 1.82) is 0 Å². The fourth-order valence-corrected chi connectivity index (χ4v) is 4.34. The second-order valence-electron chi connectivity index (χ2n) is 7.81. The molecule has 0 radical (unpaired) electrons. The monoisotopic (exact) mass is 397 g/mol.